The molecule has 0 aromatic carbocycles. The standard InChI is InChI=1S/C15H29N3O/c1-11(12-5-4-6-13(16)9-12)15(19)18-8-7-14(10-18)17(2)3/h11-14H,4-10,16H2,1-3H3. The van der Waals surface area contributed by atoms with Crippen molar-refractivity contribution in [2.75, 3.05) is 27.2 Å². The maximum atomic E-state index is 12.6. The number of likely N-dealkylation sites (tertiary alicyclic amines) is 1. The number of hydrogen-bond acceptors (Lipinski definition) is 3. The normalized spacial score (nSPS) is 33.7. The molecule has 19 heavy (non-hydrogen) atoms. The Labute approximate surface area is 117 Å². The second-order valence-electron chi connectivity index (χ2n) is 6.67. The van der Waals surface area contributed by atoms with E-state index in [9.17, 15) is 4.79 Å². The van der Waals surface area contributed by atoms with E-state index in [1.165, 1.54) is 12.8 Å². The minimum Gasteiger partial charge on any atom is -0.341 e. The van der Waals surface area contributed by atoms with Gasteiger partial charge in [0.2, 0.25) is 5.91 Å². The minimum absolute atomic E-state index is 0.146. The van der Waals surface area contributed by atoms with Gasteiger partial charge < -0.3 is 15.5 Å². The van der Waals surface area contributed by atoms with Gasteiger partial charge >= 0.3 is 0 Å². The molecule has 0 bridgehead atoms. The summed E-state index contributed by atoms with van der Waals surface area (Å²) < 4.78 is 0. The van der Waals surface area contributed by atoms with Crippen LogP contribution in [-0.2, 0) is 4.79 Å². The van der Waals surface area contributed by atoms with Crippen molar-refractivity contribution in [3.8, 4) is 0 Å². The van der Waals surface area contributed by atoms with Crippen molar-refractivity contribution < 1.29 is 4.79 Å². The fourth-order valence-electron chi connectivity index (χ4n) is 3.57. The fourth-order valence-corrected chi connectivity index (χ4v) is 3.57. The highest BCUT2D eigenvalue weighted by Gasteiger charge is 2.34. The molecule has 0 aromatic heterocycles. The van der Waals surface area contributed by atoms with Gasteiger partial charge in [0, 0.05) is 31.1 Å². The second kappa shape index (κ2) is 6.23. The summed E-state index contributed by atoms with van der Waals surface area (Å²) in [4.78, 5) is 16.9. The van der Waals surface area contributed by atoms with Gasteiger partial charge in [0.05, 0.1) is 0 Å². The van der Waals surface area contributed by atoms with E-state index >= 15 is 0 Å². The van der Waals surface area contributed by atoms with Gasteiger partial charge in [-0.2, -0.15) is 0 Å². The van der Waals surface area contributed by atoms with Crippen molar-refractivity contribution in [2.45, 2.75) is 51.1 Å². The molecular formula is C15H29N3O. The first-order valence-corrected chi connectivity index (χ1v) is 7.69. The summed E-state index contributed by atoms with van der Waals surface area (Å²) in [6, 6.07) is 0.840. The van der Waals surface area contributed by atoms with Gasteiger partial charge in [-0.1, -0.05) is 13.3 Å². The molecule has 0 aromatic rings. The predicted octanol–water partition coefficient (Wildman–Crippen LogP) is 1.30. The number of nitrogens with zero attached hydrogens (tertiary/aromatic N) is 2. The van der Waals surface area contributed by atoms with Crippen LogP contribution >= 0.6 is 0 Å². The molecule has 2 aliphatic rings. The van der Waals surface area contributed by atoms with Gasteiger partial charge in [-0.15, -0.1) is 0 Å². The van der Waals surface area contributed by atoms with Crippen LogP contribution in [0.15, 0.2) is 0 Å². The lowest BCUT2D eigenvalue weighted by molar-refractivity contribution is -0.136. The molecule has 4 heteroatoms. The molecule has 110 valence electrons. The molecule has 1 amide bonds. The smallest absolute Gasteiger partial charge is 0.225 e. The van der Waals surface area contributed by atoms with Crippen molar-refractivity contribution in [2.24, 2.45) is 17.6 Å². The van der Waals surface area contributed by atoms with E-state index in [0.717, 1.165) is 32.4 Å². The van der Waals surface area contributed by atoms with Gasteiger partial charge in [-0.05, 0) is 45.7 Å². The molecular weight excluding hydrogens is 238 g/mol. The van der Waals surface area contributed by atoms with Gasteiger partial charge in [0.25, 0.3) is 0 Å². The number of rotatable bonds is 3. The monoisotopic (exact) mass is 267 g/mol. The Hall–Kier alpha value is -0.610. The van der Waals surface area contributed by atoms with Gasteiger partial charge in [0.1, 0.15) is 0 Å². The zero-order chi connectivity index (χ0) is 14.0. The Balaban J connectivity index is 1.89. The van der Waals surface area contributed by atoms with Crippen LogP contribution in [0.5, 0.6) is 0 Å². The Bertz CT molecular complexity index is 319. The zero-order valence-corrected chi connectivity index (χ0v) is 12.6. The van der Waals surface area contributed by atoms with Crippen LogP contribution < -0.4 is 5.73 Å². The molecule has 0 spiro atoms. The van der Waals surface area contributed by atoms with E-state index in [-0.39, 0.29) is 5.92 Å². The maximum Gasteiger partial charge on any atom is 0.225 e. The third-order valence-corrected chi connectivity index (χ3v) is 5.06. The van der Waals surface area contributed by atoms with Crippen LogP contribution in [0.3, 0.4) is 0 Å². The predicted molar refractivity (Wildman–Crippen MR) is 77.8 cm³/mol. The Morgan fingerprint density at radius 3 is 2.63 bits per heavy atom. The average molecular weight is 267 g/mol. The number of carbonyl (C=O) groups excluding carboxylic acids is 1. The molecule has 2 N–H and O–H groups in total. The molecule has 2 rings (SSSR count). The van der Waals surface area contributed by atoms with E-state index in [0.29, 0.717) is 23.9 Å². The summed E-state index contributed by atoms with van der Waals surface area (Å²) in [6.45, 7) is 3.92. The SMILES string of the molecule is CC(C(=O)N1CCC(N(C)C)C1)C1CCCC(N)C1. The second-order valence-corrected chi connectivity index (χ2v) is 6.67. The number of likely N-dealkylation sites (N-methyl/N-ethyl adjacent to an activating group) is 1. The number of amides is 1. The summed E-state index contributed by atoms with van der Waals surface area (Å²) in [5, 5.41) is 0. The Kier molecular flexibility index (Phi) is 4.85. The fraction of sp³-hybridized carbons (Fsp3) is 0.933. The first-order valence-electron chi connectivity index (χ1n) is 7.69. The molecule has 2 fully saturated rings. The molecule has 0 radical (unpaired) electrons. The van der Waals surface area contributed by atoms with Crippen molar-refractivity contribution in [1.82, 2.24) is 9.80 Å². The largest absolute Gasteiger partial charge is 0.341 e. The summed E-state index contributed by atoms with van der Waals surface area (Å²) in [5.41, 5.74) is 6.05. The van der Waals surface area contributed by atoms with Gasteiger partial charge in [-0.25, -0.2) is 0 Å². The van der Waals surface area contributed by atoms with E-state index in [1.54, 1.807) is 0 Å². The van der Waals surface area contributed by atoms with Gasteiger partial charge in [0.15, 0.2) is 0 Å². The Morgan fingerprint density at radius 2 is 2.05 bits per heavy atom. The number of hydrogen-bond donors (Lipinski definition) is 1. The summed E-state index contributed by atoms with van der Waals surface area (Å²) in [7, 11) is 4.20. The van der Waals surface area contributed by atoms with Crippen LogP contribution in [0.25, 0.3) is 0 Å². The summed E-state index contributed by atoms with van der Waals surface area (Å²) in [5.74, 6) is 0.991. The quantitative estimate of drug-likeness (QED) is 0.838. The molecule has 4 unspecified atom stereocenters. The summed E-state index contributed by atoms with van der Waals surface area (Å²) in [6.07, 6.45) is 5.62. The molecule has 1 saturated heterocycles. The first kappa shape index (κ1) is 14.8. The molecule has 1 aliphatic heterocycles. The van der Waals surface area contributed by atoms with Crippen molar-refractivity contribution >= 4 is 5.91 Å². The maximum absolute atomic E-state index is 12.6. The van der Waals surface area contributed by atoms with Crippen LogP contribution in [-0.4, -0.2) is 55.0 Å². The van der Waals surface area contributed by atoms with Crippen molar-refractivity contribution in [1.29, 1.82) is 0 Å². The third kappa shape index (κ3) is 3.48. The van der Waals surface area contributed by atoms with Crippen LogP contribution in [0.2, 0.25) is 0 Å². The Morgan fingerprint density at radius 1 is 1.32 bits per heavy atom. The van der Waals surface area contributed by atoms with Crippen LogP contribution in [0.4, 0.5) is 0 Å². The van der Waals surface area contributed by atoms with E-state index in [1.807, 2.05) is 0 Å². The first-order chi connectivity index (χ1) is 8.99. The highest BCUT2D eigenvalue weighted by Crippen LogP contribution is 2.31. The lowest BCUT2D eigenvalue weighted by atomic mass is 9.78. The van der Waals surface area contributed by atoms with Crippen LogP contribution in [0.1, 0.15) is 39.0 Å². The lowest BCUT2D eigenvalue weighted by Crippen LogP contribution is -2.41. The zero-order valence-electron chi connectivity index (χ0n) is 12.6. The highest BCUT2D eigenvalue weighted by molar-refractivity contribution is 5.79. The molecule has 4 atom stereocenters. The van der Waals surface area contributed by atoms with E-state index < -0.39 is 0 Å². The van der Waals surface area contributed by atoms with Crippen LogP contribution in [0, 0.1) is 11.8 Å². The van der Waals surface area contributed by atoms with Crippen molar-refractivity contribution in [3.63, 3.8) is 0 Å². The topological polar surface area (TPSA) is 49.6 Å². The lowest BCUT2D eigenvalue weighted by Gasteiger charge is -2.32. The highest BCUT2D eigenvalue weighted by atomic mass is 16.2. The average Bonchev–Trinajstić information content (AvgIpc) is 2.86. The van der Waals surface area contributed by atoms with Crippen molar-refractivity contribution in [3.05, 3.63) is 0 Å². The van der Waals surface area contributed by atoms with E-state index in [2.05, 4.69) is 30.8 Å². The summed E-state index contributed by atoms with van der Waals surface area (Å²) >= 11 is 0. The van der Waals surface area contributed by atoms with E-state index in [4.69, 9.17) is 5.73 Å². The van der Waals surface area contributed by atoms with Gasteiger partial charge in [-0.3, -0.25) is 4.79 Å². The number of carbonyl (C=O) groups is 1. The third-order valence-electron chi connectivity index (χ3n) is 5.06. The molecule has 1 aliphatic carbocycles. The number of nitrogens with two attached hydrogens (primary N) is 1. The molecule has 1 heterocycles. The molecule has 1 saturated carbocycles. The molecule has 4 nitrogen and oxygen atoms in total. The minimum atomic E-state index is 0.146.